The predicted octanol–water partition coefficient (Wildman–Crippen LogP) is 2.36. The molecule has 2 aromatic heterocycles. The molecule has 2 aromatic rings. The third kappa shape index (κ3) is 2.64. The number of halogens is 3. The summed E-state index contributed by atoms with van der Waals surface area (Å²) >= 11 is 0. The van der Waals surface area contributed by atoms with E-state index in [1.165, 1.54) is 19.1 Å². The molecule has 0 saturated heterocycles. The Kier molecular flexibility index (Phi) is 3.32. The molecule has 0 unspecified atom stereocenters. The van der Waals surface area contributed by atoms with Gasteiger partial charge in [0.2, 0.25) is 0 Å². The Balaban J connectivity index is 2.85. The Hall–Kier alpha value is -2.64. The lowest BCUT2D eigenvalue weighted by Gasteiger charge is -2.13. The quantitative estimate of drug-likeness (QED) is 0.889. The van der Waals surface area contributed by atoms with E-state index >= 15 is 0 Å². The Morgan fingerprint density at radius 1 is 1.24 bits per heavy atom. The Morgan fingerprint density at radius 3 is 2.29 bits per heavy atom. The van der Waals surface area contributed by atoms with Crippen molar-refractivity contribution in [3.63, 3.8) is 0 Å². The Labute approximate surface area is 117 Å². The van der Waals surface area contributed by atoms with Crippen molar-refractivity contribution >= 4 is 28.3 Å². The number of carbonyl (C=O) groups excluding carboxylic acids is 1. The zero-order valence-corrected chi connectivity index (χ0v) is 11.0. The maximum atomic E-state index is 13.0. The zero-order chi connectivity index (χ0) is 15.9. The minimum absolute atomic E-state index is 0.0725. The first-order chi connectivity index (χ1) is 9.61. The van der Waals surface area contributed by atoms with E-state index in [1.54, 1.807) is 0 Å². The van der Waals surface area contributed by atoms with Gasteiger partial charge < -0.3 is 11.5 Å². The fraction of sp³-hybridized carbons (Fsp3) is 0.154. The van der Waals surface area contributed by atoms with Crippen LogP contribution in [0.4, 0.5) is 19.0 Å². The summed E-state index contributed by atoms with van der Waals surface area (Å²) in [6, 6.07) is 2.48. The first kappa shape index (κ1) is 14.8. The molecule has 0 spiro atoms. The van der Waals surface area contributed by atoms with Crippen molar-refractivity contribution in [2.45, 2.75) is 13.1 Å². The topological polar surface area (TPSA) is 94.9 Å². The summed E-state index contributed by atoms with van der Waals surface area (Å²) in [5, 5.41) is 0.226. The van der Waals surface area contributed by atoms with Crippen molar-refractivity contribution < 1.29 is 18.0 Å². The highest BCUT2D eigenvalue weighted by molar-refractivity contribution is 6.00. The molecule has 21 heavy (non-hydrogen) atoms. The molecule has 0 aliphatic rings. The van der Waals surface area contributed by atoms with Crippen LogP contribution in [0, 0.1) is 0 Å². The average molecular weight is 296 g/mol. The van der Waals surface area contributed by atoms with Gasteiger partial charge in [0.1, 0.15) is 5.82 Å². The highest BCUT2D eigenvalue weighted by Gasteiger charge is 2.36. The highest BCUT2D eigenvalue weighted by atomic mass is 19.4. The number of fused-ring (bicyclic) bond motifs is 1. The molecular weight excluding hydrogens is 285 g/mol. The van der Waals surface area contributed by atoms with Crippen LogP contribution < -0.4 is 11.5 Å². The average Bonchev–Trinajstić information content (AvgIpc) is 2.34. The van der Waals surface area contributed by atoms with E-state index in [4.69, 9.17) is 11.5 Å². The van der Waals surface area contributed by atoms with Gasteiger partial charge in [0.05, 0.1) is 5.56 Å². The second-order valence-electron chi connectivity index (χ2n) is 4.49. The van der Waals surface area contributed by atoms with Gasteiger partial charge in [-0.2, -0.15) is 13.2 Å². The Morgan fingerprint density at radius 2 is 1.81 bits per heavy atom. The standard InChI is InChI=1S/C13H11F3N4O/c1-5(2)7-3-6-4-8(11(18)21)10(17)20-12(6)19-9(7)13(14,15)16/h3-4H,1H2,2H3,(H2,18,21)(H2,17,19,20). The molecule has 110 valence electrons. The minimum Gasteiger partial charge on any atom is -0.383 e. The number of hydrogen-bond acceptors (Lipinski definition) is 4. The van der Waals surface area contributed by atoms with Gasteiger partial charge in [0.25, 0.3) is 5.91 Å². The smallest absolute Gasteiger partial charge is 0.383 e. The lowest BCUT2D eigenvalue weighted by Crippen LogP contribution is -2.16. The van der Waals surface area contributed by atoms with Gasteiger partial charge in [-0.05, 0) is 24.6 Å². The van der Waals surface area contributed by atoms with Crippen LogP contribution >= 0.6 is 0 Å². The number of allylic oxidation sites excluding steroid dienone is 1. The fourth-order valence-electron chi connectivity index (χ4n) is 1.86. The molecule has 0 fully saturated rings. The summed E-state index contributed by atoms with van der Waals surface area (Å²) in [6.07, 6.45) is -4.65. The van der Waals surface area contributed by atoms with Crippen molar-refractivity contribution in [2.75, 3.05) is 5.73 Å². The second kappa shape index (κ2) is 4.72. The van der Waals surface area contributed by atoms with Gasteiger partial charge in [-0.3, -0.25) is 4.79 Å². The van der Waals surface area contributed by atoms with Crippen molar-refractivity contribution in [1.29, 1.82) is 0 Å². The summed E-state index contributed by atoms with van der Waals surface area (Å²) in [5.74, 6) is -1.09. The van der Waals surface area contributed by atoms with Gasteiger partial charge >= 0.3 is 6.18 Å². The summed E-state index contributed by atoms with van der Waals surface area (Å²) < 4.78 is 39.0. The van der Waals surface area contributed by atoms with E-state index in [1.807, 2.05) is 0 Å². The van der Waals surface area contributed by atoms with Crippen LogP contribution in [0.1, 0.15) is 28.5 Å². The number of aromatic nitrogens is 2. The number of carbonyl (C=O) groups is 1. The molecular formula is C13H11F3N4O. The molecule has 0 saturated carbocycles. The van der Waals surface area contributed by atoms with E-state index in [0.29, 0.717) is 0 Å². The molecule has 0 aliphatic carbocycles. The molecule has 0 radical (unpaired) electrons. The maximum Gasteiger partial charge on any atom is 0.434 e. The number of primary amides is 1. The van der Waals surface area contributed by atoms with E-state index in [9.17, 15) is 18.0 Å². The van der Waals surface area contributed by atoms with Crippen LogP contribution in [0.25, 0.3) is 16.6 Å². The third-order valence-corrected chi connectivity index (χ3v) is 2.83. The van der Waals surface area contributed by atoms with Crippen molar-refractivity contribution in [3.8, 4) is 0 Å². The first-order valence-corrected chi connectivity index (χ1v) is 5.75. The molecule has 0 bridgehead atoms. The lowest BCUT2D eigenvalue weighted by molar-refractivity contribution is -0.141. The monoisotopic (exact) mass is 296 g/mol. The van der Waals surface area contributed by atoms with E-state index < -0.39 is 17.8 Å². The molecule has 2 heterocycles. The number of amides is 1. The largest absolute Gasteiger partial charge is 0.434 e. The number of nitrogen functional groups attached to an aromatic ring is 1. The van der Waals surface area contributed by atoms with Gasteiger partial charge in [-0.25, -0.2) is 9.97 Å². The summed E-state index contributed by atoms with van der Waals surface area (Å²) in [6.45, 7) is 4.93. The number of rotatable bonds is 2. The highest BCUT2D eigenvalue weighted by Crippen LogP contribution is 2.35. The summed E-state index contributed by atoms with van der Waals surface area (Å²) in [4.78, 5) is 18.4. The van der Waals surface area contributed by atoms with Crippen LogP contribution in [-0.2, 0) is 6.18 Å². The molecule has 1 amide bonds. The maximum absolute atomic E-state index is 13.0. The predicted molar refractivity (Wildman–Crippen MR) is 72.2 cm³/mol. The minimum atomic E-state index is -4.65. The van der Waals surface area contributed by atoms with E-state index in [2.05, 4.69) is 16.5 Å². The van der Waals surface area contributed by atoms with Crippen LogP contribution in [0.15, 0.2) is 18.7 Å². The number of anilines is 1. The fourth-order valence-corrected chi connectivity index (χ4v) is 1.86. The first-order valence-electron chi connectivity index (χ1n) is 5.75. The zero-order valence-electron chi connectivity index (χ0n) is 11.0. The van der Waals surface area contributed by atoms with Crippen molar-refractivity contribution in [2.24, 2.45) is 5.73 Å². The molecule has 4 N–H and O–H groups in total. The Bertz CT molecular complexity index is 768. The number of hydrogen-bond donors (Lipinski definition) is 2. The normalized spacial score (nSPS) is 11.6. The van der Waals surface area contributed by atoms with Crippen LogP contribution in [0.3, 0.4) is 0 Å². The summed E-state index contributed by atoms with van der Waals surface area (Å²) in [7, 11) is 0. The number of pyridine rings is 2. The summed E-state index contributed by atoms with van der Waals surface area (Å²) in [5.41, 5.74) is 9.26. The van der Waals surface area contributed by atoms with Crippen molar-refractivity contribution in [1.82, 2.24) is 9.97 Å². The third-order valence-electron chi connectivity index (χ3n) is 2.83. The molecule has 8 heteroatoms. The number of nitrogens with two attached hydrogens (primary N) is 2. The van der Waals surface area contributed by atoms with Gasteiger partial charge in [0.15, 0.2) is 11.3 Å². The van der Waals surface area contributed by atoms with Crippen LogP contribution in [0.2, 0.25) is 0 Å². The lowest BCUT2D eigenvalue weighted by atomic mass is 10.0. The molecule has 0 atom stereocenters. The second-order valence-corrected chi connectivity index (χ2v) is 4.49. The van der Waals surface area contributed by atoms with Crippen molar-refractivity contribution in [3.05, 3.63) is 35.5 Å². The van der Waals surface area contributed by atoms with Gasteiger partial charge in [0, 0.05) is 10.9 Å². The van der Waals surface area contributed by atoms with Gasteiger partial charge in [-0.1, -0.05) is 6.58 Å². The molecule has 0 aromatic carbocycles. The van der Waals surface area contributed by atoms with Crippen LogP contribution in [0.5, 0.6) is 0 Å². The molecule has 0 aliphatic heterocycles. The molecule has 5 nitrogen and oxygen atoms in total. The van der Waals surface area contributed by atoms with E-state index in [-0.39, 0.29) is 33.6 Å². The number of alkyl halides is 3. The van der Waals surface area contributed by atoms with Crippen LogP contribution in [-0.4, -0.2) is 15.9 Å². The SMILES string of the molecule is C=C(C)c1cc2cc(C(N)=O)c(N)nc2nc1C(F)(F)F. The molecule has 2 rings (SSSR count). The van der Waals surface area contributed by atoms with Gasteiger partial charge in [-0.15, -0.1) is 0 Å². The van der Waals surface area contributed by atoms with E-state index in [0.717, 1.165) is 0 Å². The number of nitrogens with zero attached hydrogens (tertiary/aromatic N) is 2.